The first-order chi connectivity index (χ1) is 9.47. The van der Waals surface area contributed by atoms with E-state index in [0.29, 0.717) is 6.04 Å². The van der Waals surface area contributed by atoms with Crippen molar-refractivity contribution in [2.24, 2.45) is 0 Å². The van der Waals surface area contributed by atoms with Crippen molar-refractivity contribution in [3.63, 3.8) is 0 Å². The van der Waals surface area contributed by atoms with Crippen molar-refractivity contribution in [2.75, 3.05) is 0 Å². The van der Waals surface area contributed by atoms with E-state index in [-0.39, 0.29) is 0 Å². The normalized spacial score (nSPS) is 12.5. The van der Waals surface area contributed by atoms with Gasteiger partial charge in [0.05, 0.1) is 5.60 Å². The molecule has 0 atom stereocenters. The SMILES string of the molecule is CCCC(CCC)n1ccc2ccc(C(C)(C)O)cc21. The molecule has 0 saturated heterocycles. The van der Waals surface area contributed by atoms with E-state index in [1.54, 1.807) is 0 Å². The first-order valence-electron chi connectivity index (χ1n) is 7.80. The van der Waals surface area contributed by atoms with Crippen LogP contribution in [-0.2, 0) is 5.60 Å². The molecule has 0 radical (unpaired) electrons. The summed E-state index contributed by atoms with van der Waals surface area (Å²) in [5.41, 5.74) is 1.45. The highest BCUT2D eigenvalue weighted by molar-refractivity contribution is 5.81. The summed E-state index contributed by atoms with van der Waals surface area (Å²) in [5.74, 6) is 0. The second kappa shape index (κ2) is 6.01. The van der Waals surface area contributed by atoms with Crippen molar-refractivity contribution in [1.82, 2.24) is 4.57 Å². The van der Waals surface area contributed by atoms with Gasteiger partial charge >= 0.3 is 0 Å². The maximum atomic E-state index is 10.2. The van der Waals surface area contributed by atoms with Crippen LogP contribution in [0.2, 0.25) is 0 Å². The van der Waals surface area contributed by atoms with Crippen LogP contribution < -0.4 is 0 Å². The molecule has 0 fully saturated rings. The fraction of sp³-hybridized carbons (Fsp3) is 0.556. The number of aromatic nitrogens is 1. The van der Waals surface area contributed by atoms with Crippen molar-refractivity contribution in [1.29, 1.82) is 0 Å². The molecule has 0 aliphatic heterocycles. The highest BCUT2D eigenvalue weighted by Crippen LogP contribution is 2.29. The lowest BCUT2D eigenvalue weighted by Gasteiger charge is -2.21. The molecule has 2 heteroatoms. The molecule has 2 rings (SSSR count). The summed E-state index contributed by atoms with van der Waals surface area (Å²) >= 11 is 0. The van der Waals surface area contributed by atoms with Crippen LogP contribution in [0.3, 0.4) is 0 Å². The summed E-state index contributed by atoms with van der Waals surface area (Å²) in [6.45, 7) is 8.18. The highest BCUT2D eigenvalue weighted by atomic mass is 16.3. The molecule has 1 heterocycles. The fourth-order valence-electron chi connectivity index (χ4n) is 2.94. The largest absolute Gasteiger partial charge is 0.386 e. The zero-order valence-electron chi connectivity index (χ0n) is 13.2. The third-order valence-corrected chi connectivity index (χ3v) is 4.07. The summed E-state index contributed by atoms with van der Waals surface area (Å²) in [4.78, 5) is 0. The monoisotopic (exact) mass is 273 g/mol. The third-order valence-electron chi connectivity index (χ3n) is 4.07. The quantitative estimate of drug-likeness (QED) is 0.786. The molecule has 0 aliphatic carbocycles. The Morgan fingerprint density at radius 1 is 1.10 bits per heavy atom. The van der Waals surface area contributed by atoms with E-state index >= 15 is 0 Å². The molecule has 1 aromatic heterocycles. The summed E-state index contributed by atoms with van der Waals surface area (Å²) in [6, 6.07) is 9.05. The molecule has 1 aromatic carbocycles. The van der Waals surface area contributed by atoms with Gasteiger partial charge in [-0.3, -0.25) is 0 Å². The first kappa shape index (κ1) is 15.1. The average molecular weight is 273 g/mol. The Bertz CT molecular complexity index is 556. The molecular weight excluding hydrogens is 246 g/mol. The summed E-state index contributed by atoms with van der Waals surface area (Å²) in [5, 5.41) is 11.5. The zero-order chi connectivity index (χ0) is 14.8. The van der Waals surface area contributed by atoms with Crippen molar-refractivity contribution >= 4 is 10.9 Å². The Labute approximate surface area is 122 Å². The van der Waals surface area contributed by atoms with Gasteiger partial charge in [-0.25, -0.2) is 0 Å². The number of nitrogens with zero attached hydrogens (tertiary/aromatic N) is 1. The Morgan fingerprint density at radius 3 is 2.30 bits per heavy atom. The maximum Gasteiger partial charge on any atom is 0.0841 e. The standard InChI is InChI=1S/C18H27NO/c1-5-7-16(8-6-2)19-12-11-14-9-10-15(13-17(14)19)18(3,4)20/h9-13,16,20H,5-8H2,1-4H3. The van der Waals surface area contributed by atoms with Gasteiger partial charge in [0, 0.05) is 17.8 Å². The van der Waals surface area contributed by atoms with Crippen LogP contribution in [0.25, 0.3) is 10.9 Å². The van der Waals surface area contributed by atoms with E-state index in [0.717, 1.165) is 5.56 Å². The number of hydrogen-bond acceptors (Lipinski definition) is 1. The van der Waals surface area contributed by atoms with Crippen LogP contribution >= 0.6 is 0 Å². The van der Waals surface area contributed by atoms with Gasteiger partial charge < -0.3 is 9.67 Å². The molecule has 20 heavy (non-hydrogen) atoms. The van der Waals surface area contributed by atoms with Crippen molar-refractivity contribution in [3.05, 3.63) is 36.0 Å². The minimum atomic E-state index is -0.783. The molecule has 1 N–H and O–H groups in total. The Hall–Kier alpha value is -1.28. The van der Waals surface area contributed by atoms with Crippen LogP contribution in [0, 0.1) is 0 Å². The number of hydrogen-bond donors (Lipinski definition) is 1. The van der Waals surface area contributed by atoms with Crippen LogP contribution in [0.15, 0.2) is 30.5 Å². The minimum Gasteiger partial charge on any atom is -0.386 e. The third kappa shape index (κ3) is 3.06. The fourth-order valence-corrected chi connectivity index (χ4v) is 2.94. The Balaban J connectivity index is 2.47. The average Bonchev–Trinajstić information content (AvgIpc) is 2.80. The molecule has 0 aliphatic rings. The first-order valence-corrected chi connectivity index (χ1v) is 7.80. The molecule has 110 valence electrons. The maximum absolute atomic E-state index is 10.2. The predicted octanol–water partition coefficient (Wildman–Crippen LogP) is 5.01. The predicted molar refractivity (Wildman–Crippen MR) is 86.0 cm³/mol. The minimum absolute atomic E-state index is 0.569. The van der Waals surface area contributed by atoms with Gasteiger partial charge in [-0.15, -0.1) is 0 Å². The van der Waals surface area contributed by atoms with Crippen LogP contribution in [0.1, 0.15) is 65.0 Å². The van der Waals surface area contributed by atoms with Gasteiger partial charge in [0.25, 0.3) is 0 Å². The lowest BCUT2D eigenvalue weighted by Crippen LogP contribution is -2.15. The smallest absolute Gasteiger partial charge is 0.0841 e. The van der Waals surface area contributed by atoms with Gasteiger partial charge in [-0.1, -0.05) is 38.8 Å². The molecule has 0 spiro atoms. The molecule has 0 bridgehead atoms. The molecule has 0 amide bonds. The summed E-state index contributed by atoms with van der Waals surface area (Å²) in [7, 11) is 0. The van der Waals surface area contributed by atoms with E-state index in [1.165, 1.54) is 36.6 Å². The van der Waals surface area contributed by atoms with Crippen molar-refractivity contribution < 1.29 is 5.11 Å². The highest BCUT2D eigenvalue weighted by Gasteiger charge is 2.18. The van der Waals surface area contributed by atoms with E-state index in [9.17, 15) is 5.11 Å². The topological polar surface area (TPSA) is 25.2 Å². The molecule has 0 saturated carbocycles. The van der Waals surface area contributed by atoms with Crippen molar-refractivity contribution in [3.8, 4) is 0 Å². The Morgan fingerprint density at radius 2 is 1.75 bits per heavy atom. The lowest BCUT2D eigenvalue weighted by atomic mass is 9.97. The van der Waals surface area contributed by atoms with Crippen LogP contribution in [-0.4, -0.2) is 9.67 Å². The number of fused-ring (bicyclic) bond motifs is 1. The van der Waals surface area contributed by atoms with Crippen LogP contribution in [0.5, 0.6) is 0 Å². The zero-order valence-corrected chi connectivity index (χ0v) is 13.2. The van der Waals surface area contributed by atoms with Crippen LogP contribution in [0.4, 0.5) is 0 Å². The van der Waals surface area contributed by atoms with Gasteiger partial charge in [0.2, 0.25) is 0 Å². The Kier molecular flexibility index (Phi) is 4.54. The molecular formula is C18H27NO. The van der Waals surface area contributed by atoms with Gasteiger partial charge in [0.1, 0.15) is 0 Å². The van der Waals surface area contributed by atoms with Gasteiger partial charge in [-0.05, 0) is 49.8 Å². The number of aliphatic hydroxyl groups is 1. The lowest BCUT2D eigenvalue weighted by molar-refractivity contribution is 0.0787. The molecule has 2 nitrogen and oxygen atoms in total. The van der Waals surface area contributed by atoms with Gasteiger partial charge in [-0.2, -0.15) is 0 Å². The second-order valence-corrected chi connectivity index (χ2v) is 6.29. The van der Waals surface area contributed by atoms with Crippen molar-refractivity contribution in [2.45, 2.75) is 65.0 Å². The van der Waals surface area contributed by atoms with E-state index in [4.69, 9.17) is 0 Å². The summed E-state index contributed by atoms with van der Waals surface area (Å²) < 4.78 is 2.40. The number of rotatable bonds is 6. The van der Waals surface area contributed by atoms with E-state index in [2.05, 4.69) is 42.8 Å². The van der Waals surface area contributed by atoms with E-state index in [1.807, 2.05) is 19.9 Å². The second-order valence-electron chi connectivity index (χ2n) is 6.29. The van der Waals surface area contributed by atoms with Gasteiger partial charge in [0.15, 0.2) is 0 Å². The van der Waals surface area contributed by atoms with E-state index < -0.39 is 5.60 Å². The number of benzene rings is 1. The molecule has 2 aromatic rings. The molecule has 0 unspecified atom stereocenters. The summed E-state index contributed by atoms with van der Waals surface area (Å²) in [6.07, 6.45) is 7.04.